The van der Waals surface area contributed by atoms with E-state index in [1.54, 1.807) is 32.5 Å². The van der Waals surface area contributed by atoms with Gasteiger partial charge < -0.3 is 29.2 Å². The second-order valence-electron chi connectivity index (χ2n) is 7.06. The monoisotopic (exact) mass is 463 g/mol. The zero-order valence-corrected chi connectivity index (χ0v) is 19.2. The predicted molar refractivity (Wildman–Crippen MR) is 123 cm³/mol. The Balaban J connectivity index is 2.15. The number of ether oxygens (including phenoxy) is 3. The molecular formula is C22H29N3O6S. The van der Waals surface area contributed by atoms with Crippen molar-refractivity contribution in [3.63, 3.8) is 0 Å². The first-order valence-electron chi connectivity index (χ1n) is 10.1. The third-order valence-electron chi connectivity index (χ3n) is 5.12. The number of aromatic nitrogens is 1. The molecule has 0 aliphatic carbocycles. The Bertz CT molecular complexity index is 1140. The minimum Gasteiger partial charge on any atom is -0.455 e. The molecule has 0 radical (unpaired) electrons. The van der Waals surface area contributed by atoms with E-state index in [1.165, 1.54) is 13.1 Å². The summed E-state index contributed by atoms with van der Waals surface area (Å²) < 4.78 is 44.5. The van der Waals surface area contributed by atoms with Crippen molar-refractivity contribution in [2.24, 2.45) is 0 Å². The minimum absolute atomic E-state index is 0.0567. The fraction of sp³-hybridized carbons (Fsp3) is 0.364. The minimum atomic E-state index is -3.86. The molecule has 3 aromatic rings. The Morgan fingerprint density at radius 1 is 1.06 bits per heavy atom. The number of methoxy groups -OCH3 is 2. The number of benzene rings is 2. The van der Waals surface area contributed by atoms with Gasteiger partial charge in [0.2, 0.25) is 10.0 Å². The maximum atomic E-state index is 12.8. The van der Waals surface area contributed by atoms with Crippen LogP contribution in [0.2, 0.25) is 0 Å². The number of sulfonamides is 1. The number of aromatic amines is 1. The quantitative estimate of drug-likeness (QED) is 0.378. The summed E-state index contributed by atoms with van der Waals surface area (Å²) in [6, 6.07) is 10.5. The lowest BCUT2D eigenvalue weighted by atomic mass is 10.1. The van der Waals surface area contributed by atoms with Gasteiger partial charge in [-0.25, -0.2) is 13.1 Å². The molecular weight excluding hydrogens is 434 g/mol. The number of hydrogen-bond acceptors (Lipinski definition) is 7. The zero-order valence-electron chi connectivity index (χ0n) is 18.4. The summed E-state index contributed by atoms with van der Waals surface area (Å²) in [7, 11) is 0.690. The number of nitrogens with zero attached hydrogens (tertiary/aromatic N) is 1. The van der Waals surface area contributed by atoms with E-state index in [9.17, 15) is 13.5 Å². The Morgan fingerprint density at radius 3 is 2.41 bits per heavy atom. The van der Waals surface area contributed by atoms with Crippen molar-refractivity contribution in [1.29, 1.82) is 0 Å². The lowest BCUT2D eigenvalue weighted by molar-refractivity contribution is 0.190. The molecule has 0 amide bonds. The van der Waals surface area contributed by atoms with Crippen LogP contribution in [0.4, 0.5) is 5.69 Å². The van der Waals surface area contributed by atoms with Gasteiger partial charge in [-0.3, -0.25) is 0 Å². The van der Waals surface area contributed by atoms with Gasteiger partial charge in [0.1, 0.15) is 16.4 Å². The van der Waals surface area contributed by atoms with E-state index in [1.807, 2.05) is 23.1 Å². The van der Waals surface area contributed by atoms with Gasteiger partial charge in [-0.05, 0) is 31.3 Å². The van der Waals surface area contributed by atoms with Crippen LogP contribution in [-0.2, 0) is 26.1 Å². The van der Waals surface area contributed by atoms with Gasteiger partial charge in [0, 0.05) is 61.7 Å². The van der Waals surface area contributed by atoms with Crippen LogP contribution in [0, 0.1) is 0 Å². The van der Waals surface area contributed by atoms with Crippen molar-refractivity contribution >= 4 is 26.6 Å². The van der Waals surface area contributed by atoms with Crippen molar-refractivity contribution in [1.82, 2.24) is 9.71 Å². The molecule has 0 atom stereocenters. The standard InChI is InChI=1S/C22H29N3O6S/c1-23-32(27,28)22-13-16(15-26)19(25(9-11-29-2)10-12-30-3)14-21(22)31-20-6-4-5-18-17(20)7-8-24-18/h4-8,13-14,23-24,26H,9-12,15H2,1-3H3. The van der Waals surface area contributed by atoms with E-state index in [0.29, 0.717) is 43.3 Å². The van der Waals surface area contributed by atoms with Crippen LogP contribution in [0.5, 0.6) is 11.5 Å². The van der Waals surface area contributed by atoms with E-state index < -0.39 is 10.0 Å². The highest BCUT2D eigenvalue weighted by molar-refractivity contribution is 7.89. The molecule has 0 bridgehead atoms. The van der Waals surface area contributed by atoms with Crippen LogP contribution in [0.15, 0.2) is 47.5 Å². The summed E-state index contributed by atoms with van der Waals surface area (Å²) >= 11 is 0. The zero-order chi connectivity index (χ0) is 23.1. The number of nitrogens with one attached hydrogen (secondary N) is 2. The first-order chi connectivity index (χ1) is 15.4. The molecule has 1 aromatic heterocycles. The molecule has 9 nitrogen and oxygen atoms in total. The van der Waals surface area contributed by atoms with Crippen molar-refractivity contribution in [2.75, 3.05) is 52.5 Å². The number of fused-ring (bicyclic) bond motifs is 1. The van der Waals surface area contributed by atoms with Crippen LogP contribution >= 0.6 is 0 Å². The SMILES string of the molecule is CNS(=O)(=O)c1cc(CO)c(N(CCOC)CCOC)cc1Oc1cccc2[nH]ccc12. The van der Waals surface area contributed by atoms with Gasteiger partial charge in [-0.1, -0.05) is 6.07 Å². The first-order valence-corrected chi connectivity index (χ1v) is 11.6. The molecule has 0 unspecified atom stereocenters. The van der Waals surface area contributed by atoms with Gasteiger partial charge in [0.05, 0.1) is 19.8 Å². The fourth-order valence-electron chi connectivity index (χ4n) is 3.43. The molecule has 3 N–H and O–H groups in total. The Morgan fingerprint density at radius 2 is 1.78 bits per heavy atom. The molecule has 0 aliphatic rings. The number of aliphatic hydroxyl groups excluding tert-OH is 1. The Labute approximate surface area is 188 Å². The molecule has 32 heavy (non-hydrogen) atoms. The number of H-pyrrole nitrogens is 1. The maximum Gasteiger partial charge on any atom is 0.244 e. The van der Waals surface area contributed by atoms with E-state index in [0.717, 1.165) is 10.9 Å². The van der Waals surface area contributed by atoms with Crippen molar-refractivity contribution in [3.05, 3.63) is 48.2 Å². The van der Waals surface area contributed by atoms with Gasteiger partial charge in [0.15, 0.2) is 0 Å². The molecule has 0 saturated heterocycles. The summed E-state index contributed by atoms with van der Waals surface area (Å²) in [6.45, 7) is 1.61. The van der Waals surface area contributed by atoms with Gasteiger partial charge in [-0.15, -0.1) is 0 Å². The highest BCUT2D eigenvalue weighted by Gasteiger charge is 2.24. The number of anilines is 1. The lowest BCUT2D eigenvalue weighted by Crippen LogP contribution is -2.31. The van der Waals surface area contributed by atoms with Crippen molar-refractivity contribution in [2.45, 2.75) is 11.5 Å². The second kappa shape index (κ2) is 10.8. The van der Waals surface area contributed by atoms with Gasteiger partial charge in [0.25, 0.3) is 0 Å². The van der Waals surface area contributed by atoms with Gasteiger partial charge >= 0.3 is 0 Å². The van der Waals surface area contributed by atoms with Crippen LogP contribution in [0.3, 0.4) is 0 Å². The molecule has 0 fully saturated rings. The van der Waals surface area contributed by atoms with E-state index >= 15 is 0 Å². The molecule has 1 heterocycles. The summed E-state index contributed by atoms with van der Waals surface area (Å²) in [5, 5.41) is 10.8. The molecule has 174 valence electrons. The fourth-order valence-corrected chi connectivity index (χ4v) is 4.31. The summed E-state index contributed by atoms with van der Waals surface area (Å²) in [4.78, 5) is 5.03. The Hall–Kier alpha value is -2.63. The molecule has 10 heteroatoms. The van der Waals surface area contributed by atoms with E-state index in [-0.39, 0.29) is 17.3 Å². The highest BCUT2D eigenvalue weighted by Crippen LogP contribution is 2.38. The number of aliphatic hydroxyl groups is 1. The molecule has 0 spiro atoms. The van der Waals surface area contributed by atoms with Crippen LogP contribution < -0.4 is 14.4 Å². The van der Waals surface area contributed by atoms with Gasteiger partial charge in [-0.2, -0.15) is 0 Å². The normalized spacial score (nSPS) is 11.8. The topological polar surface area (TPSA) is 113 Å². The molecule has 3 rings (SSSR count). The van der Waals surface area contributed by atoms with Crippen molar-refractivity contribution < 1.29 is 27.7 Å². The molecule has 2 aromatic carbocycles. The lowest BCUT2D eigenvalue weighted by Gasteiger charge is -2.27. The maximum absolute atomic E-state index is 12.8. The average Bonchev–Trinajstić information content (AvgIpc) is 3.29. The molecule has 0 saturated carbocycles. The smallest absolute Gasteiger partial charge is 0.244 e. The first kappa shape index (κ1) is 24.0. The number of rotatable bonds is 12. The second-order valence-corrected chi connectivity index (χ2v) is 8.92. The molecule has 0 aliphatic heterocycles. The average molecular weight is 464 g/mol. The van der Waals surface area contributed by atoms with E-state index in [2.05, 4.69) is 9.71 Å². The van der Waals surface area contributed by atoms with Crippen LogP contribution in [-0.4, -0.2) is 66.1 Å². The Kier molecular flexibility index (Phi) is 8.10. The largest absolute Gasteiger partial charge is 0.455 e. The van der Waals surface area contributed by atoms with E-state index in [4.69, 9.17) is 14.2 Å². The summed E-state index contributed by atoms with van der Waals surface area (Å²) in [5.41, 5.74) is 1.97. The number of hydrogen-bond donors (Lipinski definition) is 3. The summed E-state index contributed by atoms with van der Waals surface area (Å²) in [5.74, 6) is 0.666. The third kappa shape index (κ3) is 5.22. The van der Waals surface area contributed by atoms with Crippen LogP contribution in [0.1, 0.15) is 5.56 Å². The van der Waals surface area contributed by atoms with Crippen molar-refractivity contribution in [3.8, 4) is 11.5 Å². The van der Waals surface area contributed by atoms with Crippen LogP contribution in [0.25, 0.3) is 10.9 Å². The third-order valence-corrected chi connectivity index (χ3v) is 6.56. The summed E-state index contributed by atoms with van der Waals surface area (Å²) in [6.07, 6.45) is 1.79. The predicted octanol–water partition coefficient (Wildman–Crippen LogP) is 2.46. The highest BCUT2D eigenvalue weighted by atomic mass is 32.2.